The number of benzene rings is 1. The van der Waals surface area contributed by atoms with Crippen LogP contribution < -0.4 is 10.9 Å². The molecule has 0 aliphatic heterocycles. The average molecular weight is 343 g/mol. The van der Waals surface area contributed by atoms with E-state index in [1.54, 1.807) is 24.3 Å². The zero-order chi connectivity index (χ0) is 18.1. The fraction of sp³-hybridized carbons (Fsp3) is 0.444. The van der Waals surface area contributed by atoms with Gasteiger partial charge in [-0.2, -0.15) is 5.10 Å². The number of carboxylic acid groups (broad SMARTS) is 1. The molecule has 0 radical (unpaired) electrons. The summed E-state index contributed by atoms with van der Waals surface area (Å²) < 4.78 is 1.34. The van der Waals surface area contributed by atoms with E-state index in [1.807, 2.05) is 13.8 Å². The van der Waals surface area contributed by atoms with Crippen LogP contribution in [-0.4, -0.2) is 32.8 Å². The molecule has 1 aromatic heterocycles. The van der Waals surface area contributed by atoms with E-state index in [4.69, 9.17) is 5.11 Å². The topological polar surface area (TPSA) is 101 Å². The van der Waals surface area contributed by atoms with E-state index in [0.29, 0.717) is 30.2 Å². The molecule has 2 aromatic rings. The molecule has 1 saturated carbocycles. The summed E-state index contributed by atoms with van der Waals surface area (Å²) in [6, 6.07) is 6.75. The third-order valence-corrected chi connectivity index (χ3v) is 4.44. The van der Waals surface area contributed by atoms with Gasteiger partial charge in [-0.15, -0.1) is 0 Å². The molecule has 0 saturated heterocycles. The fourth-order valence-corrected chi connectivity index (χ4v) is 3.06. The van der Waals surface area contributed by atoms with E-state index in [0.717, 1.165) is 0 Å². The molecule has 0 atom stereocenters. The minimum Gasteiger partial charge on any atom is -0.481 e. The third-order valence-electron chi connectivity index (χ3n) is 4.44. The number of hydrogen-bond donors (Lipinski definition) is 2. The van der Waals surface area contributed by atoms with Crippen LogP contribution >= 0.6 is 0 Å². The lowest BCUT2D eigenvalue weighted by Crippen LogP contribution is -2.47. The number of aromatic nitrogens is 2. The van der Waals surface area contributed by atoms with Crippen LogP contribution in [0, 0.1) is 11.8 Å². The van der Waals surface area contributed by atoms with Gasteiger partial charge in [-0.25, -0.2) is 4.68 Å². The highest BCUT2D eigenvalue weighted by atomic mass is 16.4. The Hall–Kier alpha value is -2.70. The van der Waals surface area contributed by atoms with E-state index >= 15 is 0 Å². The van der Waals surface area contributed by atoms with Gasteiger partial charge in [0.25, 0.3) is 11.5 Å². The quantitative estimate of drug-likeness (QED) is 0.859. The Labute approximate surface area is 144 Å². The minimum atomic E-state index is -0.834. The molecule has 132 valence electrons. The summed E-state index contributed by atoms with van der Waals surface area (Å²) in [6.07, 6.45) is 0.843. The molecule has 25 heavy (non-hydrogen) atoms. The number of carbonyl (C=O) groups excluding carboxylic acids is 1. The number of carbonyl (C=O) groups is 2. The average Bonchev–Trinajstić information content (AvgIpc) is 2.52. The van der Waals surface area contributed by atoms with Gasteiger partial charge >= 0.3 is 5.97 Å². The molecular weight excluding hydrogens is 322 g/mol. The summed E-state index contributed by atoms with van der Waals surface area (Å²) >= 11 is 0. The van der Waals surface area contributed by atoms with Gasteiger partial charge in [-0.1, -0.05) is 32.0 Å². The molecule has 2 N–H and O–H groups in total. The van der Waals surface area contributed by atoms with Crippen molar-refractivity contribution in [1.29, 1.82) is 0 Å². The number of aliphatic carboxylic acids is 1. The van der Waals surface area contributed by atoms with Crippen molar-refractivity contribution in [3.63, 3.8) is 0 Å². The van der Waals surface area contributed by atoms with Gasteiger partial charge < -0.3 is 10.4 Å². The lowest BCUT2D eigenvalue weighted by atomic mass is 9.80. The Morgan fingerprint density at radius 2 is 1.92 bits per heavy atom. The van der Waals surface area contributed by atoms with Crippen molar-refractivity contribution in [3.05, 3.63) is 40.3 Å². The molecule has 1 aliphatic rings. The molecule has 0 spiro atoms. The molecule has 0 unspecified atom stereocenters. The molecule has 1 heterocycles. The van der Waals surface area contributed by atoms with Crippen molar-refractivity contribution in [3.8, 4) is 0 Å². The zero-order valence-corrected chi connectivity index (χ0v) is 14.2. The molecule has 7 nitrogen and oxygen atoms in total. The Bertz CT molecular complexity index is 882. The third kappa shape index (κ3) is 3.40. The predicted molar refractivity (Wildman–Crippen MR) is 92.5 cm³/mol. The van der Waals surface area contributed by atoms with Gasteiger partial charge in [0.1, 0.15) is 0 Å². The Balaban J connectivity index is 1.92. The molecule has 0 bridgehead atoms. The number of fused-ring (bicyclic) bond motifs is 1. The SMILES string of the molecule is CC(C)Cn1nc(C(=O)NC2CC(C(=O)O)C2)c2ccccc2c1=O. The van der Waals surface area contributed by atoms with Crippen molar-refractivity contribution >= 4 is 22.6 Å². The number of hydrogen-bond acceptors (Lipinski definition) is 4. The lowest BCUT2D eigenvalue weighted by molar-refractivity contribution is -0.145. The molecule has 7 heteroatoms. The second-order valence-electron chi connectivity index (χ2n) is 6.95. The van der Waals surface area contributed by atoms with Crippen LogP contribution in [0.5, 0.6) is 0 Å². The van der Waals surface area contributed by atoms with Crippen molar-refractivity contribution in [1.82, 2.24) is 15.1 Å². The van der Waals surface area contributed by atoms with E-state index in [2.05, 4.69) is 10.4 Å². The van der Waals surface area contributed by atoms with Crippen LogP contribution in [0.15, 0.2) is 29.1 Å². The second kappa shape index (κ2) is 6.66. The van der Waals surface area contributed by atoms with Crippen LogP contribution in [0.4, 0.5) is 0 Å². The van der Waals surface area contributed by atoms with Crippen molar-refractivity contribution in [2.24, 2.45) is 11.8 Å². The summed E-state index contributed by atoms with van der Waals surface area (Å²) in [5.74, 6) is -1.39. The second-order valence-corrected chi connectivity index (χ2v) is 6.95. The molecule has 3 rings (SSSR count). The summed E-state index contributed by atoms with van der Waals surface area (Å²) in [7, 11) is 0. The van der Waals surface area contributed by atoms with Crippen LogP contribution in [-0.2, 0) is 11.3 Å². The fourth-order valence-electron chi connectivity index (χ4n) is 3.06. The smallest absolute Gasteiger partial charge is 0.306 e. The van der Waals surface area contributed by atoms with E-state index in [-0.39, 0.29) is 29.1 Å². The summed E-state index contributed by atoms with van der Waals surface area (Å²) in [6.45, 7) is 4.38. The van der Waals surface area contributed by atoms with Crippen molar-refractivity contribution in [2.45, 2.75) is 39.3 Å². The molecule has 1 fully saturated rings. The van der Waals surface area contributed by atoms with Crippen LogP contribution in [0.1, 0.15) is 37.2 Å². The number of amides is 1. The van der Waals surface area contributed by atoms with Gasteiger partial charge in [-0.05, 0) is 24.8 Å². The largest absolute Gasteiger partial charge is 0.481 e. The molecular formula is C18H21N3O4. The first-order chi connectivity index (χ1) is 11.9. The molecule has 1 aliphatic carbocycles. The van der Waals surface area contributed by atoms with Crippen molar-refractivity contribution < 1.29 is 14.7 Å². The maximum Gasteiger partial charge on any atom is 0.306 e. The van der Waals surface area contributed by atoms with Crippen LogP contribution in [0.2, 0.25) is 0 Å². The maximum atomic E-state index is 12.7. The normalized spacial score (nSPS) is 19.6. The van der Waals surface area contributed by atoms with Crippen LogP contribution in [0.3, 0.4) is 0 Å². The Morgan fingerprint density at radius 1 is 1.28 bits per heavy atom. The highest BCUT2D eigenvalue weighted by molar-refractivity contribution is 6.04. The summed E-state index contributed by atoms with van der Waals surface area (Å²) in [5.41, 5.74) is -0.00920. The van der Waals surface area contributed by atoms with Crippen LogP contribution in [0.25, 0.3) is 10.8 Å². The zero-order valence-electron chi connectivity index (χ0n) is 14.2. The van der Waals surface area contributed by atoms with Gasteiger partial charge in [0.15, 0.2) is 5.69 Å². The number of rotatable bonds is 5. The Kier molecular flexibility index (Phi) is 4.57. The first-order valence-electron chi connectivity index (χ1n) is 8.40. The summed E-state index contributed by atoms with van der Waals surface area (Å²) in [4.78, 5) is 36.1. The lowest BCUT2D eigenvalue weighted by Gasteiger charge is -2.32. The monoisotopic (exact) mass is 343 g/mol. The van der Waals surface area contributed by atoms with E-state index in [1.165, 1.54) is 4.68 Å². The summed E-state index contributed by atoms with van der Waals surface area (Å²) in [5, 5.41) is 17.0. The highest BCUT2D eigenvalue weighted by Gasteiger charge is 2.35. The Morgan fingerprint density at radius 3 is 2.52 bits per heavy atom. The predicted octanol–water partition coefficient (Wildman–Crippen LogP) is 1.65. The van der Waals surface area contributed by atoms with Gasteiger partial charge in [0, 0.05) is 18.0 Å². The van der Waals surface area contributed by atoms with Gasteiger partial charge in [-0.3, -0.25) is 14.4 Å². The van der Waals surface area contributed by atoms with Gasteiger partial charge in [0.2, 0.25) is 0 Å². The highest BCUT2D eigenvalue weighted by Crippen LogP contribution is 2.27. The van der Waals surface area contributed by atoms with Gasteiger partial charge in [0.05, 0.1) is 11.3 Å². The molecule has 1 amide bonds. The first kappa shape index (κ1) is 17.1. The number of carboxylic acids is 1. The first-order valence-corrected chi connectivity index (χ1v) is 8.40. The van der Waals surface area contributed by atoms with E-state index < -0.39 is 11.9 Å². The minimum absolute atomic E-state index is 0.167. The standard InChI is InChI=1S/C18H21N3O4/c1-10(2)9-21-17(23)14-6-4-3-5-13(14)15(20-21)16(22)19-12-7-11(8-12)18(24)25/h3-6,10-12H,7-9H2,1-2H3,(H,19,22)(H,24,25). The van der Waals surface area contributed by atoms with E-state index in [9.17, 15) is 14.4 Å². The number of nitrogens with one attached hydrogen (secondary N) is 1. The maximum absolute atomic E-state index is 12.7. The van der Waals surface area contributed by atoms with Crippen molar-refractivity contribution in [2.75, 3.05) is 0 Å². The number of nitrogens with zero attached hydrogens (tertiary/aromatic N) is 2. The molecule has 1 aromatic carbocycles.